The van der Waals surface area contributed by atoms with Crippen molar-refractivity contribution in [3.05, 3.63) is 53.7 Å². The lowest BCUT2D eigenvalue weighted by atomic mass is 9.95. The van der Waals surface area contributed by atoms with Crippen molar-refractivity contribution in [3.63, 3.8) is 0 Å². The molecule has 2 amide bonds. The number of rotatable bonds is 8. The van der Waals surface area contributed by atoms with Crippen molar-refractivity contribution in [2.45, 2.75) is 56.4 Å². The van der Waals surface area contributed by atoms with Gasteiger partial charge in [0, 0.05) is 23.9 Å². The Labute approximate surface area is 198 Å². The SMILES string of the molecule is CCCOC(=O)Oc1ccc(C(=O)NS(=O)(=O)c2cccc(C(=O)NC3CCCCC3)c2)cn1. The number of carbonyl (C=O) groups is 3. The largest absolute Gasteiger partial charge is 0.515 e. The second kappa shape index (κ2) is 11.6. The summed E-state index contributed by atoms with van der Waals surface area (Å²) in [4.78, 5) is 40.0. The molecule has 1 heterocycles. The first-order valence-corrected chi connectivity index (χ1v) is 12.6. The van der Waals surface area contributed by atoms with E-state index < -0.39 is 22.1 Å². The Morgan fingerprint density at radius 1 is 1.03 bits per heavy atom. The number of amides is 2. The van der Waals surface area contributed by atoms with Crippen LogP contribution in [0.5, 0.6) is 5.88 Å². The third kappa shape index (κ3) is 7.01. The standard InChI is InChI=1S/C23H27N3O7S/c1-2-13-32-23(29)33-20-12-11-17(15-24-20)22(28)26-34(30,31)19-10-6-7-16(14-19)21(27)25-18-8-4-3-5-9-18/h6-7,10-12,14-15,18H,2-5,8-9,13H2,1H3,(H,25,27)(H,26,28). The van der Waals surface area contributed by atoms with Crippen molar-refractivity contribution in [1.82, 2.24) is 15.0 Å². The van der Waals surface area contributed by atoms with Crippen LogP contribution in [-0.2, 0) is 14.8 Å². The highest BCUT2D eigenvalue weighted by atomic mass is 32.2. The molecule has 0 atom stereocenters. The number of pyridine rings is 1. The van der Waals surface area contributed by atoms with E-state index in [9.17, 15) is 22.8 Å². The number of hydrogen-bond donors (Lipinski definition) is 2. The maximum Gasteiger partial charge on any atom is 0.515 e. The fourth-order valence-electron chi connectivity index (χ4n) is 3.44. The van der Waals surface area contributed by atoms with Crippen LogP contribution >= 0.6 is 0 Å². The quantitative estimate of drug-likeness (QED) is 0.539. The molecule has 0 aliphatic heterocycles. The molecule has 1 saturated carbocycles. The minimum absolute atomic E-state index is 0.0657. The predicted molar refractivity (Wildman–Crippen MR) is 122 cm³/mol. The molecule has 10 nitrogen and oxygen atoms in total. The van der Waals surface area contributed by atoms with E-state index in [0.717, 1.165) is 38.3 Å². The summed E-state index contributed by atoms with van der Waals surface area (Å²) >= 11 is 0. The van der Waals surface area contributed by atoms with Crippen LogP contribution in [0.3, 0.4) is 0 Å². The summed E-state index contributed by atoms with van der Waals surface area (Å²) in [6, 6.07) is 8.07. The fraction of sp³-hybridized carbons (Fsp3) is 0.391. The average Bonchev–Trinajstić information content (AvgIpc) is 2.83. The lowest BCUT2D eigenvalue weighted by Crippen LogP contribution is -2.36. The summed E-state index contributed by atoms with van der Waals surface area (Å²) in [5, 5.41) is 2.94. The molecule has 2 aromatic rings. The van der Waals surface area contributed by atoms with Crippen LogP contribution in [0.1, 0.15) is 66.2 Å². The highest BCUT2D eigenvalue weighted by Crippen LogP contribution is 2.19. The Morgan fingerprint density at radius 2 is 1.79 bits per heavy atom. The topological polar surface area (TPSA) is 141 Å². The van der Waals surface area contributed by atoms with Gasteiger partial charge in [-0.1, -0.05) is 32.3 Å². The van der Waals surface area contributed by atoms with Gasteiger partial charge in [0.05, 0.1) is 17.1 Å². The van der Waals surface area contributed by atoms with Gasteiger partial charge in [0.15, 0.2) is 0 Å². The maximum atomic E-state index is 12.7. The van der Waals surface area contributed by atoms with E-state index >= 15 is 0 Å². The summed E-state index contributed by atoms with van der Waals surface area (Å²) in [6.07, 6.45) is 5.82. The van der Waals surface area contributed by atoms with Crippen LogP contribution in [0.4, 0.5) is 4.79 Å². The number of hydrogen-bond acceptors (Lipinski definition) is 8. The lowest BCUT2D eigenvalue weighted by molar-refractivity contribution is 0.0924. The van der Waals surface area contributed by atoms with Gasteiger partial charge in [-0.15, -0.1) is 0 Å². The molecule has 1 aromatic heterocycles. The molecular formula is C23H27N3O7S. The van der Waals surface area contributed by atoms with Crippen LogP contribution < -0.4 is 14.8 Å². The van der Waals surface area contributed by atoms with E-state index in [2.05, 4.69) is 10.3 Å². The number of benzene rings is 1. The molecule has 1 aliphatic rings. The third-order valence-corrected chi connectivity index (χ3v) is 6.51. The Morgan fingerprint density at radius 3 is 2.47 bits per heavy atom. The molecule has 1 aliphatic carbocycles. The van der Waals surface area contributed by atoms with Crippen molar-refractivity contribution in [1.29, 1.82) is 0 Å². The second-order valence-corrected chi connectivity index (χ2v) is 9.54. The summed E-state index contributed by atoms with van der Waals surface area (Å²) in [5.41, 5.74) is 0.128. The number of sulfonamides is 1. The van der Waals surface area contributed by atoms with E-state index in [1.165, 1.54) is 36.4 Å². The molecule has 0 saturated heterocycles. The smallest absolute Gasteiger partial charge is 0.434 e. The summed E-state index contributed by atoms with van der Waals surface area (Å²) in [7, 11) is -4.25. The monoisotopic (exact) mass is 489 g/mol. The highest BCUT2D eigenvalue weighted by Gasteiger charge is 2.22. The van der Waals surface area contributed by atoms with E-state index in [4.69, 9.17) is 9.47 Å². The predicted octanol–water partition coefficient (Wildman–Crippen LogP) is 3.19. The van der Waals surface area contributed by atoms with Crippen molar-refractivity contribution >= 4 is 28.0 Å². The zero-order valence-corrected chi connectivity index (χ0v) is 19.6. The molecule has 1 aromatic carbocycles. The molecule has 1 fully saturated rings. The van der Waals surface area contributed by atoms with Crippen molar-refractivity contribution in [2.24, 2.45) is 0 Å². The molecule has 182 valence electrons. The van der Waals surface area contributed by atoms with Crippen LogP contribution in [-0.4, -0.2) is 44.0 Å². The highest BCUT2D eigenvalue weighted by molar-refractivity contribution is 7.90. The van der Waals surface area contributed by atoms with E-state index in [-0.39, 0.29) is 40.5 Å². The normalized spacial score (nSPS) is 14.1. The van der Waals surface area contributed by atoms with Gasteiger partial charge in [-0.3, -0.25) is 9.59 Å². The summed E-state index contributed by atoms with van der Waals surface area (Å²) < 4.78 is 37.0. The molecular weight excluding hydrogens is 462 g/mol. The third-order valence-electron chi connectivity index (χ3n) is 5.18. The molecule has 34 heavy (non-hydrogen) atoms. The van der Waals surface area contributed by atoms with Gasteiger partial charge in [-0.05, 0) is 43.5 Å². The molecule has 11 heteroatoms. The van der Waals surface area contributed by atoms with Crippen molar-refractivity contribution in [3.8, 4) is 5.88 Å². The Hall–Kier alpha value is -3.47. The van der Waals surface area contributed by atoms with Crippen LogP contribution in [0.25, 0.3) is 0 Å². The van der Waals surface area contributed by atoms with E-state index in [1.807, 2.05) is 11.6 Å². The number of ether oxygens (including phenoxy) is 2. The van der Waals surface area contributed by atoms with Gasteiger partial charge in [-0.25, -0.2) is 22.9 Å². The van der Waals surface area contributed by atoms with E-state index in [1.54, 1.807) is 0 Å². The lowest BCUT2D eigenvalue weighted by Gasteiger charge is -2.22. The molecule has 0 radical (unpaired) electrons. The Bertz CT molecular complexity index is 1130. The maximum absolute atomic E-state index is 12.7. The molecule has 2 N–H and O–H groups in total. The van der Waals surface area contributed by atoms with Crippen molar-refractivity contribution in [2.75, 3.05) is 6.61 Å². The zero-order valence-electron chi connectivity index (χ0n) is 18.8. The van der Waals surface area contributed by atoms with Crippen molar-refractivity contribution < 1.29 is 32.3 Å². The van der Waals surface area contributed by atoms with Gasteiger partial charge in [0.2, 0.25) is 5.88 Å². The fourth-order valence-corrected chi connectivity index (χ4v) is 4.45. The minimum atomic E-state index is -4.25. The minimum Gasteiger partial charge on any atom is -0.434 e. The molecule has 0 spiro atoms. The molecule has 3 rings (SSSR count). The number of carbonyl (C=O) groups excluding carboxylic acids is 3. The first kappa shape index (κ1) is 25.2. The van der Waals surface area contributed by atoms with Gasteiger partial charge in [-0.2, -0.15) is 0 Å². The zero-order chi connectivity index (χ0) is 24.6. The molecule has 0 unspecified atom stereocenters. The number of nitrogens with zero attached hydrogens (tertiary/aromatic N) is 1. The van der Waals surface area contributed by atoms with Crippen LogP contribution in [0, 0.1) is 0 Å². The first-order valence-electron chi connectivity index (χ1n) is 11.1. The van der Waals surface area contributed by atoms with Gasteiger partial charge >= 0.3 is 6.16 Å². The Kier molecular flexibility index (Phi) is 8.58. The molecule has 0 bridgehead atoms. The summed E-state index contributed by atoms with van der Waals surface area (Å²) in [6.45, 7) is 2.02. The Balaban J connectivity index is 1.63. The van der Waals surface area contributed by atoms with Crippen LogP contribution in [0.15, 0.2) is 47.5 Å². The second-order valence-electron chi connectivity index (χ2n) is 7.86. The average molecular weight is 490 g/mol. The first-order chi connectivity index (χ1) is 16.3. The van der Waals surface area contributed by atoms with Gasteiger partial charge in [0.1, 0.15) is 0 Å². The van der Waals surface area contributed by atoms with Gasteiger partial charge in [0.25, 0.3) is 21.8 Å². The summed E-state index contributed by atoms with van der Waals surface area (Å²) in [5.74, 6) is -1.38. The van der Waals surface area contributed by atoms with E-state index in [0.29, 0.717) is 6.42 Å². The number of aromatic nitrogens is 1. The van der Waals surface area contributed by atoms with Crippen LogP contribution in [0.2, 0.25) is 0 Å². The number of nitrogens with one attached hydrogen (secondary N) is 2. The van der Waals surface area contributed by atoms with Gasteiger partial charge < -0.3 is 14.8 Å².